The molecule has 2 rings (SSSR count). The van der Waals surface area contributed by atoms with Gasteiger partial charge in [0.2, 0.25) is 15.9 Å². The van der Waals surface area contributed by atoms with Gasteiger partial charge in [0.05, 0.1) is 0 Å². The van der Waals surface area contributed by atoms with E-state index in [0.29, 0.717) is 30.1 Å². The number of carbonyl (C=O) groups is 1. The lowest BCUT2D eigenvalue weighted by Crippen LogP contribution is -2.49. The highest BCUT2D eigenvalue weighted by Crippen LogP contribution is 2.24. The molecule has 0 spiro atoms. The number of nitrogens with one attached hydrogen (secondary N) is 1. The number of likely N-dealkylation sites (tertiary alicyclic amines) is 1. The number of piperidine rings is 1. The molecule has 0 aromatic carbocycles. The average molecular weight is 345 g/mol. The summed E-state index contributed by atoms with van der Waals surface area (Å²) < 4.78 is 27.7. The number of thiophene rings is 1. The molecule has 0 atom stereocenters. The van der Waals surface area contributed by atoms with Gasteiger partial charge in [-0.3, -0.25) is 4.79 Å². The summed E-state index contributed by atoms with van der Waals surface area (Å²) in [6, 6.07) is 3.35. The van der Waals surface area contributed by atoms with Gasteiger partial charge in [-0.25, -0.2) is 13.1 Å². The number of sulfonamides is 1. The van der Waals surface area contributed by atoms with Crippen LogP contribution in [0.25, 0.3) is 0 Å². The monoisotopic (exact) mass is 344 g/mol. The maximum Gasteiger partial charge on any atom is 0.250 e. The summed E-state index contributed by atoms with van der Waals surface area (Å²) in [5.41, 5.74) is -0.388. The van der Waals surface area contributed by atoms with Gasteiger partial charge < -0.3 is 4.90 Å². The van der Waals surface area contributed by atoms with Crippen molar-refractivity contribution in [1.82, 2.24) is 9.62 Å². The number of carbonyl (C=O) groups excluding carboxylic acids is 1. The lowest BCUT2D eigenvalue weighted by molar-refractivity contribution is -0.140. The van der Waals surface area contributed by atoms with Gasteiger partial charge in [-0.1, -0.05) is 20.8 Å². The molecule has 0 radical (unpaired) electrons. The zero-order valence-electron chi connectivity index (χ0n) is 13.5. The lowest BCUT2D eigenvalue weighted by Gasteiger charge is -2.35. The molecule has 7 heteroatoms. The molecule has 1 fully saturated rings. The highest BCUT2D eigenvalue weighted by Gasteiger charge is 2.31. The Morgan fingerprint density at radius 2 is 1.86 bits per heavy atom. The molecule has 1 aliphatic heterocycles. The summed E-state index contributed by atoms with van der Waals surface area (Å²) in [6.07, 6.45) is 1.32. The molecule has 124 valence electrons. The van der Waals surface area contributed by atoms with E-state index < -0.39 is 10.0 Å². The minimum Gasteiger partial charge on any atom is -0.342 e. The maximum absolute atomic E-state index is 12.3. The van der Waals surface area contributed by atoms with Crippen LogP contribution in [0.1, 0.15) is 38.5 Å². The van der Waals surface area contributed by atoms with E-state index in [-0.39, 0.29) is 17.4 Å². The molecule has 1 saturated heterocycles. The van der Waals surface area contributed by atoms with Crippen LogP contribution in [0, 0.1) is 12.3 Å². The molecule has 1 amide bonds. The van der Waals surface area contributed by atoms with Crippen molar-refractivity contribution >= 4 is 27.3 Å². The summed E-state index contributed by atoms with van der Waals surface area (Å²) in [6.45, 7) is 8.82. The Hall–Kier alpha value is -0.920. The fourth-order valence-electron chi connectivity index (χ4n) is 2.51. The van der Waals surface area contributed by atoms with Crippen LogP contribution in [0.4, 0.5) is 0 Å². The molecule has 1 N–H and O–H groups in total. The number of hydrogen-bond acceptors (Lipinski definition) is 4. The fraction of sp³-hybridized carbons (Fsp3) is 0.667. The van der Waals surface area contributed by atoms with Crippen molar-refractivity contribution in [3.63, 3.8) is 0 Å². The largest absolute Gasteiger partial charge is 0.342 e. The fourth-order valence-corrected chi connectivity index (χ4v) is 5.11. The molecule has 5 nitrogen and oxygen atoms in total. The Morgan fingerprint density at radius 3 is 2.32 bits per heavy atom. The van der Waals surface area contributed by atoms with Gasteiger partial charge in [0.15, 0.2) is 0 Å². The summed E-state index contributed by atoms with van der Waals surface area (Å²) in [5.74, 6) is 0.127. The van der Waals surface area contributed by atoms with Gasteiger partial charge in [-0.15, -0.1) is 11.3 Å². The molecule has 0 unspecified atom stereocenters. The molecule has 2 heterocycles. The number of nitrogens with zero attached hydrogens (tertiary/aromatic N) is 1. The van der Waals surface area contributed by atoms with Crippen LogP contribution in [0.3, 0.4) is 0 Å². The van der Waals surface area contributed by atoms with Crippen molar-refractivity contribution in [2.24, 2.45) is 5.41 Å². The molecule has 0 bridgehead atoms. The minimum atomic E-state index is -3.44. The molecule has 1 aromatic rings. The second-order valence-corrected chi connectivity index (χ2v) is 10.0. The zero-order chi connectivity index (χ0) is 16.5. The first kappa shape index (κ1) is 17.4. The third-order valence-corrected chi connectivity index (χ3v) is 6.74. The van der Waals surface area contributed by atoms with Crippen LogP contribution >= 0.6 is 11.3 Å². The highest BCUT2D eigenvalue weighted by atomic mass is 32.2. The van der Waals surface area contributed by atoms with E-state index >= 15 is 0 Å². The Bertz CT molecular complexity index is 636. The number of rotatable bonds is 3. The normalized spacial score (nSPS) is 17.7. The standard InChI is InChI=1S/C15H24N2O3S2/c1-11-5-6-13(21-11)22(19,20)16-12-7-9-17(10-8-12)14(18)15(2,3)4/h5-6,12,16H,7-10H2,1-4H3. The van der Waals surface area contributed by atoms with Crippen LogP contribution in [0.2, 0.25) is 0 Å². The molecular weight excluding hydrogens is 320 g/mol. The second kappa shape index (κ2) is 6.29. The van der Waals surface area contributed by atoms with Gasteiger partial charge in [0.1, 0.15) is 4.21 Å². The Kier molecular flexibility index (Phi) is 4.99. The third kappa shape index (κ3) is 4.08. The second-order valence-electron chi connectivity index (χ2n) is 6.80. The average Bonchev–Trinajstić information content (AvgIpc) is 2.85. The van der Waals surface area contributed by atoms with Crippen molar-refractivity contribution in [3.8, 4) is 0 Å². The predicted octanol–water partition coefficient (Wildman–Crippen LogP) is 2.37. The maximum atomic E-state index is 12.3. The van der Waals surface area contributed by atoms with Gasteiger partial charge in [0, 0.05) is 29.4 Å². The lowest BCUT2D eigenvalue weighted by atomic mass is 9.93. The third-order valence-electron chi connectivity index (χ3n) is 3.73. The van der Waals surface area contributed by atoms with Crippen LogP contribution < -0.4 is 4.72 Å². The summed E-state index contributed by atoms with van der Waals surface area (Å²) in [5, 5.41) is 0. The Morgan fingerprint density at radius 1 is 1.27 bits per heavy atom. The Balaban J connectivity index is 1.94. The summed E-state index contributed by atoms with van der Waals surface area (Å²) in [7, 11) is -3.44. The van der Waals surface area contributed by atoms with Crippen molar-refractivity contribution in [2.45, 2.75) is 50.8 Å². The van der Waals surface area contributed by atoms with Crippen molar-refractivity contribution < 1.29 is 13.2 Å². The van der Waals surface area contributed by atoms with Crippen LogP contribution in [-0.2, 0) is 14.8 Å². The van der Waals surface area contributed by atoms with E-state index in [0.717, 1.165) is 4.88 Å². The van der Waals surface area contributed by atoms with Gasteiger partial charge >= 0.3 is 0 Å². The molecule has 0 saturated carbocycles. The first-order valence-electron chi connectivity index (χ1n) is 7.48. The number of amides is 1. The van der Waals surface area contributed by atoms with E-state index in [2.05, 4.69) is 4.72 Å². The summed E-state index contributed by atoms with van der Waals surface area (Å²) >= 11 is 1.28. The molecule has 1 aliphatic rings. The quantitative estimate of drug-likeness (QED) is 0.915. The molecule has 0 aliphatic carbocycles. The molecule has 1 aromatic heterocycles. The molecule has 22 heavy (non-hydrogen) atoms. The van der Waals surface area contributed by atoms with E-state index in [1.54, 1.807) is 6.07 Å². The van der Waals surface area contributed by atoms with Crippen LogP contribution in [0.5, 0.6) is 0 Å². The van der Waals surface area contributed by atoms with E-state index in [1.165, 1.54) is 11.3 Å². The van der Waals surface area contributed by atoms with E-state index in [1.807, 2.05) is 38.7 Å². The van der Waals surface area contributed by atoms with Crippen molar-refractivity contribution in [1.29, 1.82) is 0 Å². The van der Waals surface area contributed by atoms with Crippen molar-refractivity contribution in [2.75, 3.05) is 13.1 Å². The SMILES string of the molecule is Cc1ccc(S(=O)(=O)NC2CCN(C(=O)C(C)(C)C)CC2)s1. The van der Waals surface area contributed by atoms with Crippen LogP contribution in [-0.4, -0.2) is 38.4 Å². The zero-order valence-corrected chi connectivity index (χ0v) is 15.2. The van der Waals surface area contributed by atoms with E-state index in [9.17, 15) is 13.2 Å². The summed E-state index contributed by atoms with van der Waals surface area (Å²) in [4.78, 5) is 15.0. The number of hydrogen-bond donors (Lipinski definition) is 1. The minimum absolute atomic E-state index is 0.101. The smallest absolute Gasteiger partial charge is 0.250 e. The van der Waals surface area contributed by atoms with Crippen LogP contribution in [0.15, 0.2) is 16.3 Å². The molecular formula is C15H24N2O3S2. The van der Waals surface area contributed by atoms with E-state index in [4.69, 9.17) is 0 Å². The topological polar surface area (TPSA) is 66.5 Å². The van der Waals surface area contributed by atoms with Gasteiger partial charge in [0.25, 0.3) is 0 Å². The first-order valence-corrected chi connectivity index (χ1v) is 9.78. The van der Waals surface area contributed by atoms with Crippen molar-refractivity contribution in [3.05, 3.63) is 17.0 Å². The Labute approximate surface area is 136 Å². The number of aryl methyl sites for hydroxylation is 1. The highest BCUT2D eigenvalue weighted by molar-refractivity contribution is 7.91. The van der Waals surface area contributed by atoms with Gasteiger partial charge in [-0.2, -0.15) is 0 Å². The predicted molar refractivity (Wildman–Crippen MR) is 88.4 cm³/mol. The van der Waals surface area contributed by atoms with Gasteiger partial charge in [-0.05, 0) is 31.9 Å². The first-order chi connectivity index (χ1) is 10.1.